The topological polar surface area (TPSA) is 81.0 Å². The van der Waals surface area contributed by atoms with E-state index < -0.39 is 0 Å². The van der Waals surface area contributed by atoms with Crippen molar-refractivity contribution in [3.63, 3.8) is 0 Å². The molecule has 1 aromatic heterocycles. The van der Waals surface area contributed by atoms with E-state index in [9.17, 15) is 10.1 Å². The second-order valence-corrected chi connectivity index (χ2v) is 9.39. The molecule has 0 radical (unpaired) electrons. The zero-order valence-electron chi connectivity index (χ0n) is 20.0. The molecule has 3 rings (SSSR count). The zero-order valence-corrected chi connectivity index (χ0v) is 20.9. The van der Waals surface area contributed by atoms with E-state index >= 15 is 0 Å². The van der Waals surface area contributed by atoms with Gasteiger partial charge < -0.3 is 19.9 Å². The highest BCUT2D eigenvalue weighted by Crippen LogP contribution is 2.36. The Morgan fingerprint density at radius 2 is 2.12 bits per heavy atom. The number of nitrogens with one attached hydrogen (secondary N) is 1. The van der Waals surface area contributed by atoms with Gasteiger partial charge in [0.15, 0.2) is 0 Å². The predicted octanol–water partition coefficient (Wildman–Crippen LogP) is 4.63. The first kappa shape index (κ1) is 25.5. The molecule has 2 aromatic rings. The number of benzene rings is 1. The van der Waals surface area contributed by atoms with E-state index in [2.05, 4.69) is 22.9 Å². The number of aliphatic imine (C=N–C) groups is 1. The van der Waals surface area contributed by atoms with Gasteiger partial charge in [-0.25, -0.2) is 4.99 Å². The second-order valence-electron chi connectivity index (χ2n) is 8.34. The van der Waals surface area contributed by atoms with Crippen molar-refractivity contribution in [3.8, 4) is 6.07 Å². The van der Waals surface area contributed by atoms with Crippen molar-refractivity contribution in [3.05, 3.63) is 57.8 Å². The van der Waals surface area contributed by atoms with Crippen LogP contribution in [0.15, 0.2) is 41.9 Å². The molecule has 1 amide bonds. The number of methoxy groups -OCH3 is 1. The van der Waals surface area contributed by atoms with Crippen LogP contribution in [0, 0.1) is 11.3 Å². The average Bonchev–Trinajstić information content (AvgIpc) is 3.30. The molecule has 1 aromatic carbocycles. The number of rotatable bonds is 11. The minimum atomic E-state index is -0.118. The Kier molecular flexibility index (Phi) is 9.68. The number of amides is 1. The summed E-state index contributed by atoms with van der Waals surface area (Å²) >= 11 is 1.39. The van der Waals surface area contributed by atoms with E-state index in [1.54, 1.807) is 7.11 Å². The van der Waals surface area contributed by atoms with Gasteiger partial charge in [0, 0.05) is 52.6 Å². The van der Waals surface area contributed by atoms with Gasteiger partial charge in [0.25, 0.3) is 5.91 Å². The molecule has 34 heavy (non-hydrogen) atoms. The van der Waals surface area contributed by atoms with E-state index in [1.807, 2.05) is 48.6 Å². The molecular formula is C26H33N5O2S. The molecule has 0 saturated carbocycles. The summed E-state index contributed by atoms with van der Waals surface area (Å²) in [5.41, 5.74) is 3.08. The van der Waals surface area contributed by atoms with Crippen LogP contribution in [0.25, 0.3) is 5.70 Å². The number of nitrogens with zero attached hydrogens (tertiary/aromatic N) is 4. The summed E-state index contributed by atoms with van der Waals surface area (Å²) in [5, 5.41) is 12.4. The molecule has 180 valence electrons. The van der Waals surface area contributed by atoms with Crippen LogP contribution in [-0.2, 0) is 11.3 Å². The fourth-order valence-electron chi connectivity index (χ4n) is 3.77. The van der Waals surface area contributed by atoms with Gasteiger partial charge in [0.05, 0.1) is 33.4 Å². The molecule has 7 nitrogen and oxygen atoms in total. The van der Waals surface area contributed by atoms with Gasteiger partial charge in [-0.05, 0) is 43.4 Å². The minimum absolute atomic E-state index is 0.118. The van der Waals surface area contributed by atoms with E-state index in [0.717, 1.165) is 41.3 Å². The first-order valence-electron chi connectivity index (χ1n) is 11.6. The lowest BCUT2D eigenvalue weighted by molar-refractivity contribution is 0.0952. The number of likely N-dealkylation sites (tertiary alicyclic amines) is 1. The highest BCUT2D eigenvalue weighted by atomic mass is 32.1. The number of nitriles is 1. The Morgan fingerprint density at radius 1 is 1.35 bits per heavy atom. The molecule has 1 aliphatic rings. The Hall–Kier alpha value is -3.15. The number of piperidine rings is 1. The van der Waals surface area contributed by atoms with Gasteiger partial charge in [-0.3, -0.25) is 4.79 Å². The molecule has 0 unspecified atom stereocenters. The lowest BCUT2D eigenvalue weighted by Crippen LogP contribution is -2.28. The number of carbonyl (C=O) groups is 1. The fraction of sp³-hybridized carbons (Fsp3) is 0.423. The highest BCUT2D eigenvalue weighted by Gasteiger charge is 2.19. The minimum Gasteiger partial charge on any atom is -0.385 e. The molecule has 1 fully saturated rings. The maximum atomic E-state index is 12.8. The van der Waals surface area contributed by atoms with Crippen LogP contribution < -0.4 is 5.32 Å². The van der Waals surface area contributed by atoms with Crippen LogP contribution in [0.4, 0.5) is 5.69 Å². The Morgan fingerprint density at radius 3 is 2.85 bits per heavy atom. The van der Waals surface area contributed by atoms with Crippen molar-refractivity contribution < 1.29 is 9.53 Å². The van der Waals surface area contributed by atoms with E-state index in [-0.39, 0.29) is 5.91 Å². The number of thiophene rings is 1. The maximum Gasteiger partial charge on any atom is 0.261 e. The van der Waals surface area contributed by atoms with Crippen LogP contribution in [0.1, 0.15) is 51.4 Å². The van der Waals surface area contributed by atoms with Crippen molar-refractivity contribution in [1.29, 1.82) is 5.26 Å². The van der Waals surface area contributed by atoms with E-state index in [4.69, 9.17) is 9.73 Å². The van der Waals surface area contributed by atoms with E-state index in [1.165, 1.54) is 30.6 Å². The van der Waals surface area contributed by atoms with Crippen molar-refractivity contribution >= 4 is 35.0 Å². The number of carbonyl (C=O) groups excluding carboxylic acids is 1. The normalized spacial score (nSPS) is 13.6. The summed E-state index contributed by atoms with van der Waals surface area (Å²) in [7, 11) is 3.59. The van der Waals surface area contributed by atoms with Gasteiger partial charge in [0.2, 0.25) is 0 Å². The van der Waals surface area contributed by atoms with Crippen molar-refractivity contribution in [2.75, 3.05) is 40.4 Å². The van der Waals surface area contributed by atoms with Crippen LogP contribution in [0.3, 0.4) is 0 Å². The standard InChI is InChI=1S/C26H33N5O2S/c1-20(30(2)18-22-11-6-5-10-21(22)17-27)25-23(29-19-31-13-7-4-8-14-31)16-24(34-25)26(32)28-12-9-15-33-3/h5-6,10-11,16,19H,1,4,7-9,12-15,18H2,2-3H3,(H,28,32). The van der Waals surface area contributed by atoms with Crippen LogP contribution in [-0.4, -0.2) is 62.4 Å². The molecule has 2 heterocycles. The molecular weight excluding hydrogens is 446 g/mol. The summed E-state index contributed by atoms with van der Waals surface area (Å²) < 4.78 is 5.06. The molecule has 1 saturated heterocycles. The molecule has 0 atom stereocenters. The number of ether oxygens (including phenoxy) is 1. The lowest BCUT2D eigenvalue weighted by atomic mass is 10.1. The molecule has 1 N–H and O–H groups in total. The smallest absolute Gasteiger partial charge is 0.261 e. The summed E-state index contributed by atoms with van der Waals surface area (Å²) in [4.78, 5) is 23.2. The highest BCUT2D eigenvalue weighted by molar-refractivity contribution is 7.15. The molecule has 0 bridgehead atoms. The molecule has 0 aliphatic carbocycles. The monoisotopic (exact) mass is 479 g/mol. The van der Waals surface area contributed by atoms with Crippen molar-refractivity contribution in [2.45, 2.75) is 32.2 Å². The van der Waals surface area contributed by atoms with Gasteiger partial charge >= 0.3 is 0 Å². The van der Waals surface area contributed by atoms with Crippen molar-refractivity contribution in [1.82, 2.24) is 15.1 Å². The van der Waals surface area contributed by atoms with Crippen LogP contribution >= 0.6 is 11.3 Å². The summed E-state index contributed by atoms with van der Waals surface area (Å²) in [6.07, 6.45) is 6.25. The van der Waals surface area contributed by atoms with Crippen LogP contribution in [0.2, 0.25) is 0 Å². The van der Waals surface area contributed by atoms with Crippen LogP contribution in [0.5, 0.6) is 0 Å². The third-order valence-electron chi connectivity index (χ3n) is 5.77. The summed E-state index contributed by atoms with van der Waals surface area (Å²) in [6, 6.07) is 11.6. The van der Waals surface area contributed by atoms with Gasteiger partial charge in [-0.1, -0.05) is 24.8 Å². The second kappa shape index (κ2) is 12.9. The predicted molar refractivity (Wildman–Crippen MR) is 138 cm³/mol. The Balaban J connectivity index is 1.81. The number of hydrogen-bond donors (Lipinski definition) is 1. The summed E-state index contributed by atoms with van der Waals surface area (Å²) in [5.74, 6) is -0.118. The van der Waals surface area contributed by atoms with E-state index in [0.29, 0.717) is 30.1 Å². The quantitative estimate of drug-likeness (QED) is 0.289. The van der Waals surface area contributed by atoms with Crippen molar-refractivity contribution in [2.24, 2.45) is 4.99 Å². The Bertz CT molecular complexity index is 1050. The fourth-order valence-corrected chi connectivity index (χ4v) is 4.82. The Labute approximate surface area is 206 Å². The third kappa shape index (κ3) is 6.92. The van der Waals surface area contributed by atoms with Gasteiger partial charge in [-0.15, -0.1) is 11.3 Å². The summed E-state index contributed by atoms with van der Waals surface area (Å²) in [6.45, 7) is 8.01. The average molecular weight is 480 g/mol. The maximum absolute atomic E-state index is 12.8. The number of hydrogen-bond acceptors (Lipinski definition) is 6. The molecule has 1 aliphatic heterocycles. The SMILES string of the molecule is C=C(c1sc(C(=O)NCCCOC)cc1N=CN1CCCCC1)N(C)Cc1ccccc1C#N. The first-order chi connectivity index (χ1) is 16.5. The first-order valence-corrected chi connectivity index (χ1v) is 12.4. The largest absolute Gasteiger partial charge is 0.385 e. The van der Waals surface area contributed by atoms with Gasteiger partial charge in [0.1, 0.15) is 0 Å². The third-order valence-corrected chi connectivity index (χ3v) is 6.94. The molecule has 8 heteroatoms. The van der Waals surface area contributed by atoms with Gasteiger partial charge in [-0.2, -0.15) is 5.26 Å². The zero-order chi connectivity index (χ0) is 24.3. The lowest BCUT2D eigenvalue weighted by Gasteiger charge is -2.24. The molecule has 0 spiro atoms.